The molecule has 1 heterocycles. The van der Waals surface area contributed by atoms with Gasteiger partial charge in [-0.2, -0.15) is 0 Å². The van der Waals surface area contributed by atoms with Crippen molar-refractivity contribution >= 4 is 75.1 Å². The Hall–Kier alpha value is -2.06. The van der Waals surface area contributed by atoms with Crippen molar-refractivity contribution < 1.29 is 14.3 Å². The predicted octanol–water partition coefficient (Wildman–Crippen LogP) is 5.23. The number of hydrogen-bond donors (Lipinski definition) is 1. The lowest BCUT2D eigenvalue weighted by Crippen LogP contribution is -2.31. The molecule has 3 rings (SSSR count). The SMILES string of the molecule is COc1ccccc1/C=C1\SC(=S)N(CCC(=O)Nc2cccc(Cl)c2Cl)C1=O. The van der Waals surface area contributed by atoms with Gasteiger partial charge in [0, 0.05) is 18.5 Å². The molecule has 1 saturated heterocycles. The summed E-state index contributed by atoms with van der Waals surface area (Å²) in [5, 5.41) is 3.32. The second kappa shape index (κ2) is 9.63. The van der Waals surface area contributed by atoms with E-state index in [1.165, 1.54) is 16.7 Å². The summed E-state index contributed by atoms with van der Waals surface area (Å²) in [6.07, 6.45) is 1.81. The van der Waals surface area contributed by atoms with Crippen molar-refractivity contribution in [3.63, 3.8) is 0 Å². The summed E-state index contributed by atoms with van der Waals surface area (Å²) >= 11 is 18.5. The largest absolute Gasteiger partial charge is 0.496 e. The Kier molecular flexibility index (Phi) is 7.18. The molecule has 2 aromatic carbocycles. The van der Waals surface area contributed by atoms with Crippen LogP contribution in [0.15, 0.2) is 47.4 Å². The van der Waals surface area contributed by atoms with Crippen LogP contribution in [0.25, 0.3) is 6.08 Å². The van der Waals surface area contributed by atoms with Gasteiger partial charge < -0.3 is 10.1 Å². The molecule has 0 atom stereocenters. The van der Waals surface area contributed by atoms with Gasteiger partial charge in [-0.05, 0) is 24.3 Å². The van der Waals surface area contributed by atoms with E-state index in [0.29, 0.717) is 25.7 Å². The number of nitrogens with zero attached hydrogens (tertiary/aromatic N) is 1. The third-order valence-electron chi connectivity index (χ3n) is 4.09. The molecule has 0 bridgehead atoms. The van der Waals surface area contributed by atoms with E-state index in [-0.39, 0.29) is 29.8 Å². The minimum absolute atomic E-state index is 0.0667. The standard InChI is InChI=1S/C20H16Cl2N2O3S2/c1-27-15-8-3-2-5-12(15)11-16-19(26)24(20(28)29-16)10-9-17(25)23-14-7-4-6-13(21)18(14)22/h2-8,11H,9-10H2,1H3,(H,23,25)/b16-11-. The molecule has 0 unspecified atom stereocenters. The van der Waals surface area contributed by atoms with Gasteiger partial charge in [0.2, 0.25) is 5.91 Å². The van der Waals surface area contributed by atoms with E-state index in [9.17, 15) is 9.59 Å². The van der Waals surface area contributed by atoms with Crippen molar-refractivity contribution in [2.75, 3.05) is 19.0 Å². The van der Waals surface area contributed by atoms with E-state index in [0.717, 1.165) is 5.56 Å². The fourth-order valence-corrected chi connectivity index (χ4v) is 4.29. The van der Waals surface area contributed by atoms with Crippen LogP contribution in [-0.2, 0) is 9.59 Å². The van der Waals surface area contributed by atoms with Crippen LogP contribution in [0.5, 0.6) is 5.75 Å². The third-order valence-corrected chi connectivity index (χ3v) is 6.28. The number of methoxy groups -OCH3 is 1. The van der Waals surface area contributed by atoms with Gasteiger partial charge in [-0.1, -0.05) is 71.4 Å². The number of carbonyl (C=O) groups is 2. The quantitative estimate of drug-likeness (QED) is 0.466. The number of halogens is 2. The second-order valence-corrected chi connectivity index (χ2v) is 8.44. The van der Waals surface area contributed by atoms with Crippen LogP contribution < -0.4 is 10.1 Å². The van der Waals surface area contributed by atoms with Gasteiger partial charge in [-0.15, -0.1) is 0 Å². The van der Waals surface area contributed by atoms with E-state index in [1.54, 1.807) is 31.4 Å². The summed E-state index contributed by atoms with van der Waals surface area (Å²) in [4.78, 5) is 26.9. The van der Waals surface area contributed by atoms with E-state index in [4.69, 9.17) is 40.2 Å². The van der Waals surface area contributed by atoms with Gasteiger partial charge in [-0.3, -0.25) is 14.5 Å². The molecule has 9 heteroatoms. The summed E-state index contributed by atoms with van der Waals surface area (Å²) in [7, 11) is 1.57. The minimum atomic E-state index is -0.295. The molecule has 0 radical (unpaired) electrons. The van der Waals surface area contributed by atoms with Crippen LogP contribution in [0.4, 0.5) is 5.69 Å². The Labute approximate surface area is 188 Å². The first-order valence-corrected chi connectivity index (χ1v) is 10.5. The van der Waals surface area contributed by atoms with Crippen LogP contribution in [0.3, 0.4) is 0 Å². The van der Waals surface area contributed by atoms with Crippen molar-refractivity contribution in [1.82, 2.24) is 4.90 Å². The molecule has 150 valence electrons. The zero-order valence-corrected chi connectivity index (χ0v) is 18.4. The second-order valence-electron chi connectivity index (χ2n) is 5.97. The number of hydrogen-bond acceptors (Lipinski definition) is 5. The fourth-order valence-electron chi connectivity index (χ4n) is 2.65. The van der Waals surface area contributed by atoms with Crippen LogP contribution >= 0.6 is 47.2 Å². The minimum Gasteiger partial charge on any atom is -0.496 e. The third kappa shape index (κ3) is 5.11. The van der Waals surface area contributed by atoms with Gasteiger partial charge in [0.15, 0.2) is 0 Å². The van der Waals surface area contributed by atoms with Gasteiger partial charge in [0.05, 0.1) is 27.7 Å². The highest BCUT2D eigenvalue weighted by atomic mass is 35.5. The molecule has 0 aliphatic carbocycles. The number of thioether (sulfide) groups is 1. The van der Waals surface area contributed by atoms with Crippen molar-refractivity contribution in [2.45, 2.75) is 6.42 Å². The number of ether oxygens (including phenoxy) is 1. The van der Waals surface area contributed by atoms with E-state index < -0.39 is 0 Å². The highest BCUT2D eigenvalue weighted by molar-refractivity contribution is 8.26. The Morgan fingerprint density at radius 2 is 2.00 bits per heavy atom. The molecular weight excluding hydrogens is 451 g/mol. The molecule has 0 saturated carbocycles. The Bertz CT molecular complexity index is 1010. The monoisotopic (exact) mass is 466 g/mol. The normalized spacial score (nSPS) is 15.1. The Morgan fingerprint density at radius 1 is 1.24 bits per heavy atom. The highest BCUT2D eigenvalue weighted by Crippen LogP contribution is 2.34. The predicted molar refractivity (Wildman–Crippen MR) is 123 cm³/mol. The molecule has 29 heavy (non-hydrogen) atoms. The summed E-state index contributed by atoms with van der Waals surface area (Å²) in [5.41, 5.74) is 1.20. The number of rotatable bonds is 6. The molecule has 5 nitrogen and oxygen atoms in total. The van der Waals surface area contributed by atoms with Gasteiger partial charge in [0.25, 0.3) is 5.91 Å². The maximum absolute atomic E-state index is 12.7. The first kappa shape index (κ1) is 21.6. The number of amides is 2. The number of benzene rings is 2. The molecule has 1 aliphatic rings. The highest BCUT2D eigenvalue weighted by Gasteiger charge is 2.32. The van der Waals surface area contributed by atoms with Crippen molar-refractivity contribution in [3.8, 4) is 5.75 Å². The molecule has 0 spiro atoms. The van der Waals surface area contributed by atoms with E-state index in [2.05, 4.69) is 5.32 Å². The molecule has 1 fully saturated rings. The van der Waals surface area contributed by atoms with Gasteiger partial charge in [-0.25, -0.2) is 0 Å². The Balaban J connectivity index is 1.65. The Morgan fingerprint density at radius 3 is 2.76 bits per heavy atom. The molecule has 2 amide bonds. The lowest BCUT2D eigenvalue weighted by Gasteiger charge is -2.14. The van der Waals surface area contributed by atoms with E-state index >= 15 is 0 Å². The van der Waals surface area contributed by atoms with Gasteiger partial charge in [0.1, 0.15) is 10.1 Å². The van der Waals surface area contributed by atoms with Gasteiger partial charge >= 0.3 is 0 Å². The number of anilines is 1. The topological polar surface area (TPSA) is 58.6 Å². The average molecular weight is 467 g/mol. The maximum Gasteiger partial charge on any atom is 0.266 e. The lowest BCUT2D eigenvalue weighted by atomic mass is 10.2. The zero-order valence-electron chi connectivity index (χ0n) is 15.3. The fraction of sp³-hybridized carbons (Fsp3) is 0.150. The van der Waals surface area contributed by atoms with Crippen molar-refractivity contribution in [1.29, 1.82) is 0 Å². The smallest absolute Gasteiger partial charge is 0.266 e. The molecule has 2 aromatic rings. The number of thiocarbonyl (C=S) groups is 1. The molecule has 0 aromatic heterocycles. The van der Waals surface area contributed by atoms with Crippen LogP contribution in [0, 0.1) is 0 Å². The van der Waals surface area contributed by atoms with E-state index in [1.807, 2.05) is 24.3 Å². The zero-order chi connectivity index (χ0) is 21.0. The van der Waals surface area contributed by atoms with Crippen LogP contribution in [0.2, 0.25) is 10.0 Å². The summed E-state index contributed by atoms with van der Waals surface area (Å²) in [5.74, 6) is 0.131. The summed E-state index contributed by atoms with van der Waals surface area (Å²) in [6.45, 7) is 0.165. The number of nitrogens with one attached hydrogen (secondary N) is 1. The summed E-state index contributed by atoms with van der Waals surface area (Å²) < 4.78 is 5.72. The molecule has 1 aliphatic heterocycles. The number of carbonyl (C=O) groups excluding carboxylic acids is 2. The first-order valence-electron chi connectivity index (χ1n) is 8.53. The lowest BCUT2D eigenvalue weighted by molar-refractivity contribution is -0.122. The summed E-state index contributed by atoms with van der Waals surface area (Å²) in [6, 6.07) is 12.4. The average Bonchev–Trinajstić information content (AvgIpc) is 2.97. The number of para-hydroxylation sites is 1. The van der Waals surface area contributed by atoms with Crippen LogP contribution in [-0.4, -0.2) is 34.7 Å². The van der Waals surface area contributed by atoms with Crippen LogP contribution in [0.1, 0.15) is 12.0 Å². The van der Waals surface area contributed by atoms with Crippen molar-refractivity contribution in [2.24, 2.45) is 0 Å². The maximum atomic E-state index is 12.7. The molecular formula is C20H16Cl2N2O3S2. The van der Waals surface area contributed by atoms with Crippen molar-refractivity contribution in [3.05, 3.63) is 63.0 Å². The molecule has 1 N–H and O–H groups in total. The first-order chi connectivity index (χ1) is 13.9.